The number of hydrogen-bond donors (Lipinski definition) is 1. The van der Waals surface area contributed by atoms with Crippen molar-refractivity contribution in [3.63, 3.8) is 0 Å². The second-order valence-corrected chi connectivity index (χ2v) is 4.13. The Kier molecular flexibility index (Phi) is 2.88. The van der Waals surface area contributed by atoms with Gasteiger partial charge < -0.3 is 9.52 Å². The van der Waals surface area contributed by atoms with Gasteiger partial charge in [-0.05, 0) is 5.41 Å². The van der Waals surface area contributed by atoms with Crippen molar-refractivity contribution >= 4 is 5.97 Å². The van der Waals surface area contributed by atoms with Crippen molar-refractivity contribution in [1.82, 2.24) is 10.2 Å². The third-order valence-electron chi connectivity index (χ3n) is 1.83. The van der Waals surface area contributed by atoms with E-state index in [4.69, 9.17) is 9.52 Å². The van der Waals surface area contributed by atoms with E-state index in [0.717, 1.165) is 0 Å². The van der Waals surface area contributed by atoms with Crippen molar-refractivity contribution < 1.29 is 14.3 Å². The van der Waals surface area contributed by atoms with E-state index in [1.54, 1.807) is 6.92 Å². The van der Waals surface area contributed by atoms with Crippen molar-refractivity contribution in [2.24, 2.45) is 5.41 Å². The molecule has 0 atom stereocenters. The summed E-state index contributed by atoms with van der Waals surface area (Å²) in [6.45, 7) is 5.43. The van der Waals surface area contributed by atoms with Crippen LogP contribution >= 0.6 is 0 Å². The maximum Gasteiger partial charge on any atom is 0.303 e. The molecule has 1 aromatic heterocycles. The Hall–Kier alpha value is -1.39. The lowest BCUT2D eigenvalue weighted by Crippen LogP contribution is -2.19. The zero-order valence-corrected chi connectivity index (χ0v) is 8.57. The SMILES string of the molecule is Cc1nnc(CC(C)(C)CC(=O)O)o1. The van der Waals surface area contributed by atoms with Gasteiger partial charge in [0.25, 0.3) is 0 Å². The largest absolute Gasteiger partial charge is 0.481 e. The van der Waals surface area contributed by atoms with Crippen molar-refractivity contribution in [2.75, 3.05) is 0 Å². The van der Waals surface area contributed by atoms with E-state index in [2.05, 4.69) is 10.2 Å². The van der Waals surface area contributed by atoms with Crippen LogP contribution in [0.4, 0.5) is 0 Å². The van der Waals surface area contributed by atoms with Gasteiger partial charge in [-0.1, -0.05) is 13.8 Å². The van der Waals surface area contributed by atoms with E-state index >= 15 is 0 Å². The van der Waals surface area contributed by atoms with Crippen LogP contribution in [0.2, 0.25) is 0 Å². The van der Waals surface area contributed by atoms with Crippen molar-refractivity contribution in [2.45, 2.75) is 33.6 Å². The maximum atomic E-state index is 10.5. The summed E-state index contributed by atoms with van der Waals surface area (Å²) in [6, 6.07) is 0. The van der Waals surface area contributed by atoms with Crippen LogP contribution in [0.5, 0.6) is 0 Å². The lowest BCUT2D eigenvalue weighted by Gasteiger charge is -2.19. The van der Waals surface area contributed by atoms with Crippen LogP contribution in [0.25, 0.3) is 0 Å². The number of aliphatic carboxylic acids is 1. The first-order chi connectivity index (χ1) is 6.39. The van der Waals surface area contributed by atoms with Gasteiger partial charge in [0.15, 0.2) is 0 Å². The molecule has 0 amide bonds. The summed E-state index contributed by atoms with van der Waals surface area (Å²) in [7, 11) is 0. The quantitative estimate of drug-likeness (QED) is 0.791. The fourth-order valence-electron chi connectivity index (χ4n) is 1.29. The van der Waals surface area contributed by atoms with Crippen LogP contribution in [0.1, 0.15) is 32.0 Å². The molecule has 0 radical (unpaired) electrons. The molecule has 0 bridgehead atoms. The molecule has 1 rings (SSSR count). The highest BCUT2D eigenvalue weighted by atomic mass is 16.4. The number of rotatable bonds is 4. The van der Waals surface area contributed by atoms with Crippen LogP contribution in [-0.4, -0.2) is 21.3 Å². The molecule has 5 nitrogen and oxygen atoms in total. The van der Waals surface area contributed by atoms with Gasteiger partial charge in [0.05, 0.1) is 6.42 Å². The highest BCUT2D eigenvalue weighted by Crippen LogP contribution is 2.25. The molecular weight excluding hydrogens is 184 g/mol. The molecule has 0 fully saturated rings. The topological polar surface area (TPSA) is 76.2 Å². The van der Waals surface area contributed by atoms with Crippen molar-refractivity contribution in [3.05, 3.63) is 11.8 Å². The first kappa shape index (κ1) is 10.7. The summed E-state index contributed by atoms with van der Waals surface area (Å²) in [5.41, 5.74) is -0.356. The second kappa shape index (κ2) is 3.77. The molecule has 0 aliphatic rings. The van der Waals surface area contributed by atoms with Gasteiger partial charge in [-0.2, -0.15) is 0 Å². The monoisotopic (exact) mass is 198 g/mol. The maximum absolute atomic E-state index is 10.5. The Labute approximate surface area is 82.1 Å². The lowest BCUT2D eigenvalue weighted by atomic mass is 9.86. The smallest absolute Gasteiger partial charge is 0.303 e. The van der Waals surface area contributed by atoms with E-state index < -0.39 is 5.97 Å². The molecule has 1 heterocycles. The van der Waals surface area contributed by atoms with E-state index in [9.17, 15) is 4.79 Å². The summed E-state index contributed by atoms with van der Waals surface area (Å²) in [5, 5.41) is 16.2. The first-order valence-corrected chi connectivity index (χ1v) is 4.40. The predicted octanol–water partition coefficient (Wildman–Crippen LogP) is 1.42. The number of aryl methyl sites for hydroxylation is 1. The summed E-state index contributed by atoms with van der Waals surface area (Å²) >= 11 is 0. The minimum Gasteiger partial charge on any atom is -0.481 e. The molecule has 0 aromatic carbocycles. The molecule has 0 spiro atoms. The van der Waals surface area contributed by atoms with Crippen LogP contribution in [-0.2, 0) is 11.2 Å². The molecular formula is C9H14N2O3. The van der Waals surface area contributed by atoms with Gasteiger partial charge >= 0.3 is 5.97 Å². The van der Waals surface area contributed by atoms with Crippen LogP contribution < -0.4 is 0 Å². The third kappa shape index (κ3) is 3.16. The van der Waals surface area contributed by atoms with Gasteiger partial charge in [-0.3, -0.25) is 4.79 Å². The Bertz CT molecular complexity index is 331. The van der Waals surface area contributed by atoms with Gasteiger partial charge in [0.2, 0.25) is 11.8 Å². The minimum atomic E-state index is -0.814. The summed E-state index contributed by atoms with van der Waals surface area (Å²) in [6.07, 6.45) is 0.578. The number of carboxylic acids is 1. The van der Waals surface area contributed by atoms with Crippen LogP contribution in [0, 0.1) is 12.3 Å². The van der Waals surface area contributed by atoms with E-state index in [0.29, 0.717) is 18.2 Å². The molecule has 0 saturated heterocycles. The number of carbonyl (C=O) groups is 1. The highest BCUT2D eigenvalue weighted by Gasteiger charge is 2.24. The number of aromatic nitrogens is 2. The van der Waals surface area contributed by atoms with E-state index in [1.807, 2.05) is 13.8 Å². The second-order valence-electron chi connectivity index (χ2n) is 4.13. The van der Waals surface area contributed by atoms with Crippen molar-refractivity contribution in [3.8, 4) is 0 Å². The van der Waals surface area contributed by atoms with Crippen molar-refractivity contribution in [1.29, 1.82) is 0 Å². The standard InChI is InChI=1S/C9H14N2O3/c1-6-10-11-7(14-6)4-9(2,3)5-8(12)13/h4-5H2,1-3H3,(H,12,13). The third-order valence-corrected chi connectivity index (χ3v) is 1.83. The Morgan fingerprint density at radius 2 is 2.14 bits per heavy atom. The molecule has 0 saturated carbocycles. The number of nitrogens with zero attached hydrogens (tertiary/aromatic N) is 2. The van der Waals surface area contributed by atoms with E-state index in [1.165, 1.54) is 0 Å². The average Bonchev–Trinajstić information content (AvgIpc) is 2.30. The van der Waals surface area contributed by atoms with Gasteiger partial charge in [-0.15, -0.1) is 10.2 Å². The zero-order valence-electron chi connectivity index (χ0n) is 8.57. The molecule has 78 valence electrons. The summed E-state index contributed by atoms with van der Waals surface area (Å²) < 4.78 is 5.19. The Morgan fingerprint density at radius 3 is 2.57 bits per heavy atom. The molecule has 0 aliphatic heterocycles. The number of carboxylic acid groups (broad SMARTS) is 1. The van der Waals surface area contributed by atoms with Gasteiger partial charge in [-0.25, -0.2) is 0 Å². The minimum absolute atomic E-state index is 0.0917. The fraction of sp³-hybridized carbons (Fsp3) is 0.667. The molecule has 5 heteroatoms. The Balaban J connectivity index is 2.63. The first-order valence-electron chi connectivity index (χ1n) is 4.40. The zero-order chi connectivity index (χ0) is 10.8. The van der Waals surface area contributed by atoms with Gasteiger partial charge in [0, 0.05) is 13.3 Å². The average molecular weight is 198 g/mol. The highest BCUT2D eigenvalue weighted by molar-refractivity contribution is 5.67. The fourth-order valence-corrected chi connectivity index (χ4v) is 1.29. The molecule has 1 aromatic rings. The number of hydrogen-bond acceptors (Lipinski definition) is 4. The normalized spacial score (nSPS) is 11.6. The molecule has 1 N–H and O–H groups in total. The van der Waals surface area contributed by atoms with Crippen LogP contribution in [0.3, 0.4) is 0 Å². The van der Waals surface area contributed by atoms with Gasteiger partial charge in [0.1, 0.15) is 0 Å². The molecule has 0 unspecified atom stereocenters. The molecule has 14 heavy (non-hydrogen) atoms. The molecule has 0 aliphatic carbocycles. The predicted molar refractivity (Wildman–Crippen MR) is 48.8 cm³/mol. The summed E-state index contributed by atoms with van der Waals surface area (Å²) in [5.74, 6) is 0.186. The summed E-state index contributed by atoms with van der Waals surface area (Å²) in [4.78, 5) is 10.5. The Morgan fingerprint density at radius 1 is 1.50 bits per heavy atom. The van der Waals surface area contributed by atoms with E-state index in [-0.39, 0.29) is 11.8 Å². The van der Waals surface area contributed by atoms with Crippen LogP contribution in [0.15, 0.2) is 4.42 Å². The lowest BCUT2D eigenvalue weighted by molar-refractivity contribution is -0.139.